The Balaban J connectivity index is 2.06. The summed E-state index contributed by atoms with van der Waals surface area (Å²) in [6.45, 7) is 4.22. The number of nitrogens with zero attached hydrogens (tertiary/aromatic N) is 1. The second kappa shape index (κ2) is 8.25. The van der Waals surface area contributed by atoms with Crippen molar-refractivity contribution in [3.8, 4) is 0 Å². The lowest BCUT2D eigenvalue weighted by Crippen LogP contribution is -2.30. The molecule has 0 radical (unpaired) electrons. The number of aromatic nitrogens is 1. The Kier molecular flexibility index (Phi) is 6.31. The summed E-state index contributed by atoms with van der Waals surface area (Å²) in [6.07, 6.45) is 5.68. The Hall–Kier alpha value is -2.21. The molecule has 0 aliphatic heterocycles. The van der Waals surface area contributed by atoms with Crippen LogP contribution in [0.2, 0.25) is 0 Å². The highest BCUT2D eigenvalue weighted by Gasteiger charge is 2.17. The van der Waals surface area contributed by atoms with Crippen molar-refractivity contribution < 1.29 is 13.2 Å². The molecule has 1 amide bonds. The molecule has 25 heavy (non-hydrogen) atoms. The Morgan fingerprint density at radius 3 is 2.36 bits per heavy atom. The summed E-state index contributed by atoms with van der Waals surface area (Å²) in [4.78, 5) is 16.8. The molecule has 5 nitrogen and oxygen atoms in total. The fraction of sp³-hybridized carbons (Fsp3) is 0.368. The maximum atomic E-state index is 12.4. The van der Waals surface area contributed by atoms with Crippen molar-refractivity contribution in [2.45, 2.75) is 37.6 Å². The van der Waals surface area contributed by atoms with E-state index >= 15 is 0 Å². The third-order valence-corrected chi connectivity index (χ3v) is 4.97. The van der Waals surface area contributed by atoms with E-state index in [9.17, 15) is 13.2 Å². The van der Waals surface area contributed by atoms with Gasteiger partial charge in [0, 0.05) is 18.6 Å². The minimum atomic E-state index is -3.22. The zero-order valence-electron chi connectivity index (χ0n) is 14.8. The van der Waals surface area contributed by atoms with Crippen molar-refractivity contribution in [1.82, 2.24) is 10.3 Å². The average Bonchev–Trinajstić information content (AvgIpc) is 2.54. The lowest BCUT2D eigenvalue weighted by Gasteiger charge is -2.21. The number of rotatable bonds is 7. The molecule has 1 atom stereocenters. The molecular formula is C19H24N2O3S. The van der Waals surface area contributed by atoms with Crippen molar-refractivity contribution in [1.29, 1.82) is 0 Å². The van der Waals surface area contributed by atoms with E-state index in [1.165, 1.54) is 18.4 Å². The van der Waals surface area contributed by atoms with Crippen LogP contribution < -0.4 is 5.32 Å². The third-order valence-electron chi connectivity index (χ3n) is 3.85. The van der Waals surface area contributed by atoms with E-state index in [4.69, 9.17) is 0 Å². The standard InChI is InChI=1S/C19H24N2O3S/c1-14(2)11-18(16-5-4-10-20-13-16)21-19(22)12-15-6-8-17(9-7-15)25(3,23)24/h4-10,13-14,18H,11-12H2,1-3H3,(H,21,22)/t18-/m0/s1. The number of nitrogens with one attached hydrogen (secondary N) is 1. The van der Waals surface area contributed by atoms with Crippen molar-refractivity contribution in [3.63, 3.8) is 0 Å². The van der Waals surface area contributed by atoms with Crippen molar-refractivity contribution in [2.24, 2.45) is 5.92 Å². The van der Waals surface area contributed by atoms with Gasteiger partial charge in [-0.05, 0) is 41.7 Å². The molecule has 1 aromatic heterocycles. The van der Waals surface area contributed by atoms with E-state index < -0.39 is 9.84 Å². The first kappa shape index (κ1) is 19.1. The van der Waals surface area contributed by atoms with Crippen LogP contribution in [-0.4, -0.2) is 25.6 Å². The first-order chi connectivity index (χ1) is 11.8. The molecule has 2 rings (SSSR count). The van der Waals surface area contributed by atoms with E-state index in [1.54, 1.807) is 24.5 Å². The summed E-state index contributed by atoms with van der Waals surface area (Å²) in [6, 6.07) is 10.2. The van der Waals surface area contributed by atoms with Crippen LogP contribution in [0.1, 0.15) is 37.4 Å². The molecule has 0 spiro atoms. The lowest BCUT2D eigenvalue weighted by molar-refractivity contribution is -0.121. The van der Waals surface area contributed by atoms with Gasteiger partial charge in [0.25, 0.3) is 0 Å². The Labute approximate surface area is 149 Å². The summed E-state index contributed by atoms with van der Waals surface area (Å²) in [7, 11) is -3.22. The molecule has 0 aliphatic rings. The predicted molar refractivity (Wildman–Crippen MR) is 97.8 cm³/mol. The fourth-order valence-corrected chi connectivity index (χ4v) is 3.25. The summed E-state index contributed by atoms with van der Waals surface area (Å²) in [5, 5.41) is 3.06. The van der Waals surface area contributed by atoms with Gasteiger partial charge in [0.2, 0.25) is 5.91 Å². The third kappa shape index (κ3) is 5.98. The highest BCUT2D eigenvalue weighted by molar-refractivity contribution is 7.90. The van der Waals surface area contributed by atoms with E-state index in [2.05, 4.69) is 24.1 Å². The van der Waals surface area contributed by atoms with Crippen molar-refractivity contribution in [2.75, 3.05) is 6.26 Å². The minimum Gasteiger partial charge on any atom is -0.349 e. The smallest absolute Gasteiger partial charge is 0.224 e. The quantitative estimate of drug-likeness (QED) is 0.824. The Morgan fingerprint density at radius 1 is 1.16 bits per heavy atom. The molecule has 1 aromatic carbocycles. The van der Waals surface area contributed by atoms with Gasteiger partial charge in [-0.15, -0.1) is 0 Å². The van der Waals surface area contributed by atoms with E-state index in [0.717, 1.165) is 17.5 Å². The molecule has 0 saturated heterocycles. The number of amides is 1. The van der Waals surface area contributed by atoms with Crippen LogP contribution in [0.4, 0.5) is 0 Å². The van der Waals surface area contributed by atoms with E-state index in [-0.39, 0.29) is 23.3 Å². The van der Waals surface area contributed by atoms with Gasteiger partial charge in [0.15, 0.2) is 9.84 Å². The summed E-state index contributed by atoms with van der Waals surface area (Å²) in [5.74, 6) is 0.334. The number of hydrogen-bond acceptors (Lipinski definition) is 4. The number of carbonyl (C=O) groups is 1. The highest BCUT2D eigenvalue weighted by Crippen LogP contribution is 2.20. The summed E-state index contributed by atoms with van der Waals surface area (Å²) >= 11 is 0. The van der Waals surface area contributed by atoms with Gasteiger partial charge in [0.05, 0.1) is 17.4 Å². The number of pyridine rings is 1. The Bertz CT molecular complexity index is 800. The maximum absolute atomic E-state index is 12.4. The monoisotopic (exact) mass is 360 g/mol. The molecule has 0 bridgehead atoms. The highest BCUT2D eigenvalue weighted by atomic mass is 32.2. The zero-order chi connectivity index (χ0) is 18.4. The first-order valence-electron chi connectivity index (χ1n) is 8.24. The molecule has 134 valence electrons. The largest absolute Gasteiger partial charge is 0.349 e. The molecule has 0 aliphatic carbocycles. The van der Waals surface area contributed by atoms with Crippen LogP contribution in [-0.2, 0) is 21.1 Å². The maximum Gasteiger partial charge on any atom is 0.224 e. The van der Waals surface area contributed by atoms with Crippen molar-refractivity contribution in [3.05, 3.63) is 59.9 Å². The minimum absolute atomic E-state index is 0.0866. The molecule has 1 heterocycles. The summed E-state index contributed by atoms with van der Waals surface area (Å²) in [5.41, 5.74) is 1.76. The van der Waals surface area contributed by atoms with Crippen LogP contribution in [0, 0.1) is 5.92 Å². The number of carbonyl (C=O) groups excluding carboxylic acids is 1. The van der Waals surface area contributed by atoms with Gasteiger partial charge >= 0.3 is 0 Å². The topological polar surface area (TPSA) is 76.1 Å². The Morgan fingerprint density at radius 2 is 1.84 bits per heavy atom. The number of sulfone groups is 1. The SMILES string of the molecule is CC(C)C[C@H](NC(=O)Cc1ccc(S(C)(=O)=O)cc1)c1cccnc1. The van der Waals surface area contributed by atoms with Crippen LogP contribution in [0.3, 0.4) is 0 Å². The molecule has 0 unspecified atom stereocenters. The van der Waals surface area contributed by atoms with Gasteiger partial charge in [-0.2, -0.15) is 0 Å². The van der Waals surface area contributed by atoms with E-state index in [1.807, 2.05) is 12.1 Å². The fourth-order valence-electron chi connectivity index (χ4n) is 2.62. The number of hydrogen-bond donors (Lipinski definition) is 1. The van der Waals surface area contributed by atoms with Gasteiger partial charge in [-0.1, -0.05) is 32.0 Å². The van der Waals surface area contributed by atoms with Gasteiger partial charge < -0.3 is 5.32 Å². The van der Waals surface area contributed by atoms with Crippen LogP contribution >= 0.6 is 0 Å². The molecule has 0 fully saturated rings. The normalized spacial score (nSPS) is 12.8. The van der Waals surface area contributed by atoms with Crippen LogP contribution in [0.15, 0.2) is 53.7 Å². The van der Waals surface area contributed by atoms with Gasteiger partial charge in [-0.3, -0.25) is 9.78 Å². The molecule has 2 aromatic rings. The molecule has 0 saturated carbocycles. The lowest BCUT2D eigenvalue weighted by atomic mass is 9.98. The van der Waals surface area contributed by atoms with E-state index in [0.29, 0.717) is 5.92 Å². The van der Waals surface area contributed by atoms with Gasteiger partial charge in [0.1, 0.15) is 0 Å². The van der Waals surface area contributed by atoms with Crippen LogP contribution in [0.5, 0.6) is 0 Å². The summed E-state index contributed by atoms with van der Waals surface area (Å²) < 4.78 is 23.0. The average molecular weight is 360 g/mol. The second-order valence-corrected chi connectivity index (χ2v) is 8.64. The molecule has 6 heteroatoms. The zero-order valence-corrected chi connectivity index (χ0v) is 15.6. The predicted octanol–water partition coefficient (Wildman–Crippen LogP) is 2.93. The van der Waals surface area contributed by atoms with Gasteiger partial charge in [-0.25, -0.2) is 8.42 Å². The molecule has 1 N–H and O–H groups in total. The first-order valence-corrected chi connectivity index (χ1v) is 10.1. The second-order valence-electron chi connectivity index (χ2n) is 6.63. The van der Waals surface area contributed by atoms with Crippen molar-refractivity contribution >= 4 is 15.7 Å². The van der Waals surface area contributed by atoms with Crippen LogP contribution in [0.25, 0.3) is 0 Å². The molecular weight excluding hydrogens is 336 g/mol. The number of benzene rings is 1.